The highest BCUT2D eigenvalue weighted by molar-refractivity contribution is 9.10. The highest BCUT2D eigenvalue weighted by Crippen LogP contribution is 2.24. The van der Waals surface area contributed by atoms with E-state index in [4.69, 9.17) is 13.6 Å². The average molecular weight is 377 g/mol. The van der Waals surface area contributed by atoms with Gasteiger partial charge >= 0.3 is 5.97 Å². The summed E-state index contributed by atoms with van der Waals surface area (Å²) < 4.78 is 16.4. The van der Waals surface area contributed by atoms with Crippen molar-refractivity contribution < 1.29 is 18.4 Å². The summed E-state index contributed by atoms with van der Waals surface area (Å²) in [6.45, 7) is 3.65. The molecule has 1 atom stereocenters. The van der Waals surface area contributed by atoms with Crippen LogP contribution in [0.25, 0.3) is 11.5 Å². The van der Waals surface area contributed by atoms with Crippen molar-refractivity contribution in [3.63, 3.8) is 0 Å². The van der Waals surface area contributed by atoms with E-state index in [2.05, 4.69) is 26.1 Å². The number of carbonyl (C=O) groups is 1. The van der Waals surface area contributed by atoms with E-state index in [1.165, 1.54) is 6.07 Å². The molecule has 3 aromatic rings. The number of aromatic nitrogens is 2. The maximum atomic E-state index is 11.9. The van der Waals surface area contributed by atoms with E-state index in [9.17, 15) is 4.79 Å². The van der Waals surface area contributed by atoms with Gasteiger partial charge in [-0.1, -0.05) is 17.7 Å². The summed E-state index contributed by atoms with van der Waals surface area (Å²) in [7, 11) is 0. The van der Waals surface area contributed by atoms with Crippen molar-refractivity contribution in [1.82, 2.24) is 10.2 Å². The van der Waals surface area contributed by atoms with E-state index in [0.717, 1.165) is 11.1 Å². The van der Waals surface area contributed by atoms with Crippen LogP contribution in [0.5, 0.6) is 0 Å². The minimum Gasteiger partial charge on any atom is -0.447 e. The second-order valence-corrected chi connectivity index (χ2v) is 5.74. The molecule has 0 bridgehead atoms. The molecule has 2 aromatic heterocycles. The Morgan fingerprint density at radius 1 is 1.13 bits per heavy atom. The van der Waals surface area contributed by atoms with E-state index in [-0.39, 0.29) is 11.7 Å². The lowest BCUT2D eigenvalue weighted by Crippen LogP contribution is -2.08. The van der Waals surface area contributed by atoms with E-state index in [0.29, 0.717) is 10.6 Å². The lowest BCUT2D eigenvalue weighted by atomic mass is 10.1. The van der Waals surface area contributed by atoms with Crippen molar-refractivity contribution >= 4 is 21.9 Å². The lowest BCUT2D eigenvalue weighted by molar-refractivity contribution is 0.0243. The third-order valence-corrected chi connectivity index (χ3v) is 3.57. The molecule has 6 nitrogen and oxygen atoms in total. The molecule has 3 rings (SSSR count). The molecular weight excluding hydrogens is 364 g/mol. The molecule has 23 heavy (non-hydrogen) atoms. The zero-order valence-electron chi connectivity index (χ0n) is 12.4. The van der Waals surface area contributed by atoms with Crippen molar-refractivity contribution in [2.75, 3.05) is 0 Å². The number of hydrogen-bond donors (Lipinski definition) is 0. The number of rotatable bonds is 4. The number of nitrogens with zero attached hydrogens (tertiary/aromatic N) is 2. The number of esters is 1. The molecule has 0 N–H and O–H groups in total. The van der Waals surface area contributed by atoms with Gasteiger partial charge in [-0.25, -0.2) is 4.79 Å². The fourth-order valence-corrected chi connectivity index (χ4v) is 2.21. The SMILES string of the molecule is Cc1ccc(-c2nnc([C@@H](C)OC(=O)c3ccc(Br)o3)o2)cc1. The Hall–Kier alpha value is -2.41. The first-order valence-electron chi connectivity index (χ1n) is 6.89. The maximum Gasteiger partial charge on any atom is 0.375 e. The molecule has 0 aliphatic rings. The predicted molar refractivity (Wildman–Crippen MR) is 84.7 cm³/mol. The van der Waals surface area contributed by atoms with Gasteiger partial charge in [-0.3, -0.25) is 0 Å². The second-order valence-electron chi connectivity index (χ2n) is 4.96. The van der Waals surface area contributed by atoms with E-state index in [1.807, 2.05) is 31.2 Å². The van der Waals surface area contributed by atoms with Crippen LogP contribution in [0.3, 0.4) is 0 Å². The summed E-state index contributed by atoms with van der Waals surface area (Å²) in [6, 6.07) is 10.8. The first kappa shape index (κ1) is 15.5. The van der Waals surface area contributed by atoms with Gasteiger partial charge in [-0.2, -0.15) is 0 Å². The van der Waals surface area contributed by atoms with Crippen molar-refractivity contribution in [2.24, 2.45) is 0 Å². The molecule has 0 spiro atoms. The highest BCUT2D eigenvalue weighted by atomic mass is 79.9. The molecule has 0 saturated heterocycles. The van der Waals surface area contributed by atoms with E-state index >= 15 is 0 Å². The van der Waals surface area contributed by atoms with Crippen LogP contribution in [0.4, 0.5) is 0 Å². The number of ether oxygens (including phenoxy) is 1. The molecule has 0 radical (unpaired) electrons. The number of halogens is 1. The van der Waals surface area contributed by atoms with Gasteiger partial charge in [0.05, 0.1) is 0 Å². The van der Waals surface area contributed by atoms with Gasteiger partial charge in [0.1, 0.15) is 0 Å². The minimum absolute atomic E-state index is 0.0991. The molecular formula is C16H13BrN2O4. The summed E-state index contributed by atoms with van der Waals surface area (Å²) in [5.74, 6) is 0.100. The van der Waals surface area contributed by atoms with Crippen molar-refractivity contribution in [3.8, 4) is 11.5 Å². The quantitative estimate of drug-likeness (QED) is 0.630. The molecule has 0 unspecified atom stereocenters. The highest BCUT2D eigenvalue weighted by Gasteiger charge is 2.21. The Bertz CT molecular complexity index is 823. The summed E-state index contributed by atoms with van der Waals surface area (Å²) in [5, 5.41) is 7.92. The van der Waals surface area contributed by atoms with Crippen LogP contribution in [0, 0.1) is 6.92 Å². The van der Waals surface area contributed by atoms with E-state index in [1.54, 1.807) is 13.0 Å². The van der Waals surface area contributed by atoms with Crippen LogP contribution < -0.4 is 0 Å². The molecule has 118 valence electrons. The first-order chi connectivity index (χ1) is 11.0. The standard InChI is InChI=1S/C16H13BrN2O4/c1-9-3-5-11(6-4-9)15-19-18-14(23-15)10(2)21-16(20)12-7-8-13(17)22-12/h3-8,10H,1-2H3/t10-/m1/s1. The summed E-state index contributed by atoms with van der Waals surface area (Å²) in [4.78, 5) is 11.9. The number of hydrogen-bond acceptors (Lipinski definition) is 6. The average Bonchev–Trinajstić information content (AvgIpc) is 3.17. The Morgan fingerprint density at radius 3 is 2.52 bits per heavy atom. The third kappa shape index (κ3) is 3.50. The van der Waals surface area contributed by atoms with Crippen LogP contribution in [-0.4, -0.2) is 16.2 Å². The lowest BCUT2D eigenvalue weighted by Gasteiger charge is -2.07. The Balaban J connectivity index is 1.72. The van der Waals surface area contributed by atoms with Gasteiger partial charge in [0.15, 0.2) is 10.8 Å². The monoisotopic (exact) mass is 376 g/mol. The third-order valence-electron chi connectivity index (χ3n) is 3.15. The van der Waals surface area contributed by atoms with Crippen molar-refractivity contribution in [3.05, 3.63) is 58.3 Å². The minimum atomic E-state index is -0.682. The van der Waals surface area contributed by atoms with Gasteiger partial charge in [-0.05, 0) is 54.0 Å². The fraction of sp³-hybridized carbons (Fsp3) is 0.188. The fourth-order valence-electron chi connectivity index (χ4n) is 1.90. The maximum absolute atomic E-state index is 11.9. The van der Waals surface area contributed by atoms with Gasteiger partial charge in [-0.15, -0.1) is 10.2 Å². The summed E-state index contributed by atoms with van der Waals surface area (Å²) in [6.07, 6.45) is -0.682. The topological polar surface area (TPSA) is 78.4 Å². The molecule has 0 amide bonds. The Labute approximate surface area is 140 Å². The van der Waals surface area contributed by atoms with Gasteiger partial charge in [0, 0.05) is 5.56 Å². The smallest absolute Gasteiger partial charge is 0.375 e. The summed E-state index contributed by atoms with van der Waals surface area (Å²) in [5.41, 5.74) is 1.95. The zero-order chi connectivity index (χ0) is 16.4. The normalized spacial score (nSPS) is 12.1. The second kappa shape index (κ2) is 6.37. The van der Waals surface area contributed by atoms with Crippen LogP contribution >= 0.6 is 15.9 Å². The van der Waals surface area contributed by atoms with Crippen LogP contribution in [0.1, 0.15) is 35.0 Å². The number of benzene rings is 1. The van der Waals surface area contributed by atoms with Gasteiger partial charge in [0.2, 0.25) is 11.7 Å². The largest absolute Gasteiger partial charge is 0.447 e. The van der Waals surface area contributed by atoms with Crippen molar-refractivity contribution in [1.29, 1.82) is 0 Å². The molecule has 0 aliphatic carbocycles. The molecule has 0 fully saturated rings. The molecule has 7 heteroatoms. The number of aryl methyl sites for hydroxylation is 1. The Kier molecular flexibility index (Phi) is 4.29. The van der Waals surface area contributed by atoms with Gasteiger partial charge in [0.25, 0.3) is 5.89 Å². The predicted octanol–water partition coefficient (Wildman–Crippen LogP) is 4.32. The van der Waals surface area contributed by atoms with Gasteiger partial charge < -0.3 is 13.6 Å². The van der Waals surface area contributed by atoms with Crippen LogP contribution in [0.2, 0.25) is 0 Å². The van der Waals surface area contributed by atoms with Crippen LogP contribution in [-0.2, 0) is 4.74 Å². The molecule has 0 aliphatic heterocycles. The van der Waals surface area contributed by atoms with E-state index < -0.39 is 12.1 Å². The van der Waals surface area contributed by atoms with Crippen molar-refractivity contribution in [2.45, 2.75) is 20.0 Å². The first-order valence-corrected chi connectivity index (χ1v) is 7.69. The Morgan fingerprint density at radius 2 is 1.87 bits per heavy atom. The number of furan rings is 1. The summed E-state index contributed by atoms with van der Waals surface area (Å²) >= 11 is 3.13. The zero-order valence-corrected chi connectivity index (χ0v) is 14.0. The van der Waals surface area contributed by atoms with Crippen LogP contribution in [0.15, 0.2) is 49.9 Å². The molecule has 1 aromatic carbocycles. The number of carbonyl (C=O) groups excluding carboxylic acids is 1. The molecule has 2 heterocycles. The molecule has 0 saturated carbocycles.